The van der Waals surface area contributed by atoms with E-state index in [-0.39, 0.29) is 5.91 Å². The highest BCUT2D eigenvalue weighted by Gasteiger charge is 2.20. The largest absolute Gasteiger partial charge is 0.398 e. The molecular formula is C14H19BrN2O. The number of carbonyl (C=O) groups excluding carboxylic acids is 1. The Bertz CT molecular complexity index is 441. The van der Waals surface area contributed by atoms with Gasteiger partial charge in [-0.3, -0.25) is 4.79 Å². The Balaban J connectivity index is 2.02. The average molecular weight is 311 g/mol. The molecule has 1 fully saturated rings. The molecule has 98 valence electrons. The van der Waals surface area contributed by atoms with Crippen molar-refractivity contribution in [1.82, 2.24) is 4.90 Å². The lowest BCUT2D eigenvalue weighted by Gasteiger charge is -2.21. The number of hydrogen-bond donors (Lipinski definition) is 1. The quantitative estimate of drug-likeness (QED) is 0.871. The molecule has 0 aliphatic heterocycles. The molecule has 4 heteroatoms. The van der Waals surface area contributed by atoms with Crippen molar-refractivity contribution in [3.63, 3.8) is 0 Å². The molecule has 1 aliphatic rings. The summed E-state index contributed by atoms with van der Waals surface area (Å²) in [5.74, 6) is 0.729. The zero-order chi connectivity index (χ0) is 13.1. The number of nitrogens with two attached hydrogens (primary N) is 1. The van der Waals surface area contributed by atoms with Crippen LogP contribution in [0.5, 0.6) is 0 Å². The van der Waals surface area contributed by atoms with Crippen molar-refractivity contribution in [3.8, 4) is 0 Å². The summed E-state index contributed by atoms with van der Waals surface area (Å²) in [6.45, 7) is 0.856. The van der Waals surface area contributed by atoms with Gasteiger partial charge in [-0.2, -0.15) is 0 Å². The highest BCUT2D eigenvalue weighted by molar-refractivity contribution is 9.10. The van der Waals surface area contributed by atoms with E-state index in [9.17, 15) is 4.79 Å². The lowest BCUT2D eigenvalue weighted by molar-refractivity contribution is 0.0773. The Morgan fingerprint density at radius 1 is 1.44 bits per heavy atom. The maximum absolute atomic E-state index is 12.3. The third-order valence-electron chi connectivity index (χ3n) is 3.60. The highest BCUT2D eigenvalue weighted by Crippen LogP contribution is 2.26. The van der Waals surface area contributed by atoms with E-state index in [2.05, 4.69) is 15.9 Å². The van der Waals surface area contributed by atoms with Crippen LogP contribution in [0.4, 0.5) is 5.69 Å². The van der Waals surface area contributed by atoms with Crippen LogP contribution in [0.25, 0.3) is 0 Å². The molecule has 0 bridgehead atoms. The highest BCUT2D eigenvalue weighted by atomic mass is 79.9. The standard InChI is InChI=1S/C14H19BrN2O/c1-17(9-10-4-2-3-5-10)14(18)11-6-7-12(15)13(16)8-11/h6-8,10H,2-5,9,16H2,1H3. The van der Waals surface area contributed by atoms with E-state index >= 15 is 0 Å². The van der Waals surface area contributed by atoms with Gasteiger partial charge in [-0.15, -0.1) is 0 Å². The number of rotatable bonds is 3. The van der Waals surface area contributed by atoms with Gasteiger partial charge >= 0.3 is 0 Å². The molecule has 0 saturated heterocycles. The minimum absolute atomic E-state index is 0.0566. The fourth-order valence-electron chi connectivity index (χ4n) is 2.56. The van der Waals surface area contributed by atoms with Crippen LogP contribution in [0.3, 0.4) is 0 Å². The lowest BCUT2D eigenvalue weighted by Crippen LogP contribution is -2.31. The van der Waals surface area contributed by atoms with Gasteiger partial charge in [0, 0.05) is 29.3 Å². The van der Waals surface area contributed by atoms with Gasteiger partial charge in [-0.1, -0.05) is 12.8 Å². The predicted octanol–water partition coefficient (Wildman–Crippen LogP) is 3.29. The van der Waals surface area contributed by atoms with Gasteiger partial charge < -0.3 is 10.6 Å². The fourth-order valence-corrected chi connectivity index (χ4v) is 2.81. The van der Waals surface area contributed by atoms with Crippen LogP contribution in [0.15, 0.2) is 22.7 Å². The van der Waals surface area contributed by atoms with Crippen molar-refractivity contribution >= 4 is 27.5 Å². The summed E-state index contributed by atoms with van der Waals surface area (Å²) in [5.41, 5.74) is 7.07. The molecule has 1 aliphatic carbocycles. The van der Waals surface area contributed by atoms with Crippen LogP contribution in [-0.2, 0) is 0 Å². The second-order valence-electron chi connectivity index (χ2n) is 5.07. The topological polar surface area (TPSA) is 46.3 Å². The molecule has 1 saturated carbocycles. The van der Waals surface area contributed by atoms with E-state index < -0.39 is 0 Å². The van der Waals surface area contributed by atoms with Gasteiger partial charge in [0.2, 0.25) is 0 Å². The molecule has 0 unspecified atom stereocenters. The summed E-state index contributed by atoms with van der Waals surface area (Å²) in [5, 5.41) is 0. The van der Waals surface area contributed by atoms with Crippen LogP contribution in [-0.4, -0.2) is 24.4 Å². The Labute approximate surface area is 116 Å². The molecule has 0 radical (unpaired) electrons. The van der Waals surface area contributed by atoms with Gasteiger partial charge in [0.1, 0.15) is 0 Å². The molecule has 2 N–H and O–H groups in total. The number of benzene rings is 1. The average Bonchev–Trinajstić information content (AvgIpc) is 2.84. The molecule has 1 aromatic carbocycles. The summed E-state index contributed by atoms with van der Waals surface area (Å²) >= 11 is 3.34. The maximum atomic E-state index is 12.3. The summed E-state index contributed by atoms with van der Waals surface area (Å²) in [7, 11) is 1.87. The molecule has 2 rings (SSSR count). The minimum Gasteiger partial charge on any atom is -0.398 e. The number of nitrogen functional groups attached to an aromatic ring is 1. The third-order valence-corrected chi connectivity index (χ3v) is 4.32. The van der Waals surface area contributed by atoms with E-state index in [1.807, 2.05) is 24.1 Å². The molecular weight excluding hydrogens is 292 g/mol. The lowest BCUT2D eigenvalue weighted by atomic mass is 10.1. The van der Waals surface area contributed by atoms with Crippen molar-refractivity contribution < 1.29 is 4.79 Å². The SMILES string of the molecule is CN(CC1CCCC1)C(=O)c1ccc(Br)c(N)c1. The van der Waals surface area contributed by atoms with Crippen molar-refractivity contribution in [3.05, 3.63) is 28.2 Å². The Kier molecular flexibility index (Phi) is 4.27. The Morgan fingerprint density at radius 3 is 2.72 bits per heavy atom. The van der Waals surface area contributed by atoms with E-state index in [1.54, 1.807) is 6.07 Å². The molecule has 1 aromatic rings. The maximum Gasteiger partial charge on any atom is 0.253 e. The normalized spacial score (nSPS) is 15.9. The van der Waals surface area contributed by atoms with Crippen LogP contribution in [0.2, 0.25) is 0 Å². The second kappa shape index (κ2) is 5.74. The van der Waals surface area contributed by atoms with Crippen molar-refractivity contribution in [1.29, 1.82) is 0 Å². The van der Waals surface area contributed by atoms with Crippen molar-refractivity contribution in [2.75, 3.05) is 19.3 Å². The minimum atomic E-state index is 0.0566. The smallest absolute Gasteiger partial charge is 0.253 e. The van der Waals surface area contributed by atoms with Crippen LogP contribution in [0, 0.1) is 5.92 Å². The Hall–Kier alpha value is -1.03. The third kappa shape index (κ3) is 3.05. The Morgan fingerprint density at radius 2 is 2.11 bits per heavy atom. The van der Waals surface area contributed by atoms with Gasteiger partial charge in [-0.05, 0) is 52.9 Å². The molecule has 0 spiro atoms. The molecule has 3 nitrogen and oxygen atoms in total. The van der Waals surface area contributed by atoms with Crippen molar-refractivity contribution in [2.45, 2.75) is 25.7 Å². The molecule has 0 heterocycles. The van der Waals surface area contributed by atoms with Gasteiger partial charge in [-0.25, -0.2) is 0 Å². The van der Waals surface area contributed by atoms with E-state index in [1.165, 1.54) is 25.7 Å². The summed E-state index contributed by atoms with van der Waals surface area (Å²) in [6.07, 6.45) is 5.11. The monoisotopic (exact) mass is 310 g/mol. The van der Waals surface area contributed by atoms with E-state index in [4.69, 9.17) is 5.73 Å². The first-order valence-corrected chi connectivity index (χ1v) is 7.17. The first-order chi connectivity index (χ1) is 8.58. The molecule has 1 amide bonds. The van der Waals surface area contributed by atoms with Crippen LogP contribution in [0.1, 0.15) is 36.0 Å². The van der Waals surface area contributed by atoms with Gasteiger partial charge in [0.15, 0.2) is 0 Å². The van der Waals surface area contributed by atoms with Crippen LogP contribution >= 0.6 is 15.9 Å². The second-order valence-corrected chi connectivity index (χ2v) is 5.93. The first kappa shape index (κ1) is 13.4. The van der Waals surface area contributed by atoms with Crippen LogP contribution < -0.4 is 5.73 Å². The summed E-state index contributed by atoms with van der Waals surface area (Å²) in [4.78, 5) is 14.1. The predicted molar refractivity (Wildman–Crippen MR) is 77.5 cm³/mol. The van der Waals surface area contributed by atoms with Gasteiger partial charge in [0.25, 0.3) is 5.91 Å². The zero-order valence-electron chi connectivity index (χ0n) is 10.7. The number of anilines is 1. The number of nitrogens with zero attached hydrogens (tertiary/aromatic N) is 1. The number of amides is 1. The van der Waals surface area contributed by atoms with E-state index in [0.29, 0.717) is 17.2 Å². The van der Waals surface area contributed by atoms with Crippen molar-refractivity contribution in [2.24, 2.45) is 5.92 Å². The van der Waals surface area contributed by atoms with Gasteiger partial charge in [0.05, 0.1) is 0 Å². The molecule has 0 atom stereocenters. The molecule has 0 aromatic heterocycles. The van der Waals surface area contributed by atoms with E-state index in [0.717, 1.165) is 11.0 Å². The number of halogens is 1. The first-order valence-electron chi connectivity index (χ1n) is 6.38. The summed E-state index contributed by atoms with van der Waals surface area (Å²) < 4.78 is 0.831. The number of hydrogen-bond acceptors (Lipinski definition) is 2. The summed E-state index contributed by atoms with van der Waals surface area (Å²) in [6, 6.07) is 5.37. The zero-order valence-corrected chi connectivity index (χ0v) is 12.2. The number of carbonyl (C=O) groups is 1. The molecule has 18 heavy (non-hydrogen) atoms. The fraction of sp³-hybridized carbons (Fsp3) is 0.500.